The topological polar surface area (TPSA) is 66.8 Å². The average Bonchev–Trinajstić information content (AvgIpc) is 2.20. The van der Waals surface area contributed by atoms with Gasteiger partial charge in [0.2, 0.25) is 0 Å². The van der Waals surface area contributed by atoms with E-state index in [9.17, 15) is 4.79 Å². The molecule has 15 heavy (non-hydrogen) atoms. The minimum Gasteiger partial charge on any atom is -0.465 e. The van der Waals surface area contributed by atoms with Gasteiger partial charge < -0.3 is 14.8 Å². The molecule has 1 rings (SSSR count). The standard InChI is InChI=1S/C9H10BClO4/c1-5-3-7(10(13)14)6(4-8(5)11)9(12)15-2/h3-4,13-14H,1-2H3. The normalized spacial score (nSPS) is 9.93. The van der Waals surface area contributed by atoms with Crippen LogP contribution in [-0.4, -0.2) is 30.2 Å². The Morgan fingerprint density at radius 2 is 2.07 bits per heavy atom. The maximum Gasteiger partial charge on any atom is 0.489 e. The maximum absolute atomic E-state index is 11.3. The van der Waals surface area contributed by atoms with Crippen LogP contribution in [-0.2, 0) is 4.74 Å². The van der Waals surface area contributed by atoms with Crippen molar-refractivity contribution in [3.8, 4) is 0 Å². The zero-order valence-corrected chi connectivity index (χ0v) is 9.08. The second-order valence-electron chi connectivity index (χ2n) is 3.05. The lowest BCUT2D eigenvalue weighted by atomic mass is 9.76. The SMILES string of the molecule is COC(=O)c1cc(Cl)c(C)cc1B(O)O. The molecule has 0 amide bonds. The number of methoxy groups -OCH3 is 1. The molecule has 0 aromatic heterocycles. The van der Waals surface area contributed by atoms with Crippen molar-refractivity contribution in [2.45, 2.75) is 6.92 Å². The Labute approximate surface area is 92.6 Å². The molecule has 0 atom stereocenters. The van der Waals surface area contributed by atoms with E-state index in [1.807, 2.05) is 0 Å². The first-order chi connectivity index (χ1) is 6.97. The number of benzene rings is 1. The molecule has 0 aliphatic heterocycles. The van der Waals surface area contributed by atoms with Crippen LogP contribution >= 0.6 is 11.6 Å². The number of hydrogen-bond donors (Lipinski definition) is 2. The molecule has 0 aliphatic carbocycles. The quantitative estimate of drug-likeness (QED) is 0.557. The van der Waals surface area contributed by atoms with Gasteiger partial charge in [-0.3, -0.25) is 0 Å². The summed E-state index contributed by atoms with van der Waals surface area (Å²) in [7, 11) is -0.515. The van der Waals surface area contributed by atoms with E-state index in [0.717, 1.165) is 0 Å². The van der Waals surface area contributed by atoms with E-state index in [4.69, 9.17) is 21.6 Å². The van der Waals surface area contributed by atoms with Crippen molar-refractivity contribution >= 4 is 30.2 Å². The summed E-state index contributed by atoms with van der Waals surface area (Å²) in [6, 6.07) is 2.80. The Balaban J connectivity index is 3.34. The zero-order valence-electron chi connectivity index (χ0n) is 8.32. The lowest BCUT2D eigenvalue weighted by Crippen LogP contribution is -2.35. The highest BCUT2D eigenvalue weighted by molar-refractivity contribution is 6.60. The molecular formula is C9H10BClO4. The summed E-state index contributed by atoms with van der Waals surface area (Å²) in [5.41, 5.74) is 0.805. The molecule has 0 aliphatic rings. The number of esters is 1. The molecule has 4 nitrogen and oxygen atoms in total. The third-order valence-corrected chi connectivity index (χ3v) is 2.42. The first-order valence-electron chi connectivity index (χ1n) is 4.22. The highest BCUT2D eigenvalue weighted by Gasteiger charge is 2.22. The van der Waals surface area contributed by atoms with Gasteiger partial charge in [-0.05, 0) is 24.0 Å². The van der Waals surface area contributed by atoms with Crippen molar-refractivity contribution in [2.24, 2.45) is 0 Å². The van der Waals surface area contributed by atoms with Gasteiger partial charge in [0.15, 0.2) is 0 Å². The predicted octanol–water partition coefficient (Wildman–Crippen LogP) is 0.115. The number of halogens is 1. The minimum atomic E-state index is -1.73. The van der Waals surface area contributed by atoms with Crippen LogP contribution in [0.25, 0.3) is 0 Å². The van der Waals surface area contributed by atoms with Gasteiger partial charge in [-0.25, -0.2) is 4.79 Å². The zero-order chi connectivity index (χ0) is 11.6. The second-order valence-corrected chi connectivity index (χ2v) is 3.46. The molecule has 1 aromatic carbocycles. The number of ether oxygens (including phenoxy) is 1. The highest BCUT2D eigenvalue weighted by atomic mass is 35.5. The fraction of sp³-hybridized carbons (Fsp3) is 0.222. The van der Waals surface area contributed by atoms with Gasteiger partial charge in [0.1, 0.15) is 0 Å². The second kappa shape index (κ2) is 4.66. The molecule has 80 valence electrons. The van der Waals surface area contributed by atoms with Crippen LogP contribution in [0.4, 0.5) is 0 Å². The fourth-order valence-corrected chi connectivity index (χ4v) is 1.37. The van der Waals surface area contributed by atoms with Crippen molar-refractivity contribution in [1.29, 1.82) is 0 Å². The smallest absolute Gasteiger partial charge is 0.465 e. The Hall–Kier alpha value is -1.04. The molecule has 2 N–H and O–H groups in total. The number of carbonyl (C=O) groups is 1. The Morgan fingerprint density at radius 3 is 2.53 bits per heavy atom. The summed E-state index contributed by atoms with van der Waals surface area (Å²) >= 11 is 5.82. The van der Waals surface area contributed by atoms with Crippen molar-refractivity contribution in [2.75, 3.05) is 7.11 Å². The molecule has 0 fully saturated rings. The number of rotatable bonds is 2. The summed E-state index contributed by atoms with van der Waals surface area (Å²) in [6.45, 7) is 1.70. The third-order valence-electron chi connectivity index (χ3n) is 2.01. The van der Waals surface area contributed by atoms with Crippen molar-refractivity contribution in [3.63, 3.8) is 0 Å². The molecule has 0 radical (unpaired) electrons. The summed E-state index contributed by atoms with van der Waals surface area (Å²) in [5.74, 6) is -0.653. The molecule has 0 saturated carbocycles. The van der Waals surface area contributed by atoms with E-state index in [0.29, 0.717) is 10.6 Å². The molecular weight excluding hydrogens is 218 g/mol. The molecule has 0 spiro atoms. The molecule has 0 heterocycles. The summed E-state index contributed by atoms with van der Waals surface area (Å²) in [5, 5.41) is 18.5. The van der Waals surface area contributed by atoms with Crippen LogP contribution in [0.15, 0.2) is 12.1 Å². The molecule has 1 aromatic rings. The van der Waals surface area contributed by atoms with Gasteiger partial charge >= 0.3 is 13.1 Å². The van der Waals surface area contributed by atoms with Gasteiger partial charge in [-0.1, -0.05) is 17.7 Å². The highest BCUT2D eigenvalue weighted by Crippen LogP contribution is 2.16. The molecule has 6 heteroatoms. The van der Waals surface area contributed by atoms with E-state index in [1.165, 1.54) is 19.2 Å². The van der Waals surface area contributed by atoms with E-state index < -0.39 is 13.1 Å². The van der Waals surface area contributed by atoms with Crippen LogP contribution in [0.5, 0.6) is 0 Å². The first-order valence-corrected chi connectivity index (χ1v) is 4.59. The van der Waals surface area contributed by atoms with Gasteiger partial charge in [0, 0.05) is 5.02 Å². The summed E-state index contributed by atoms with van der Waals surface area (Å²) < 4.78 is 4.50. The van der Waals surface area contributed by atoms with Crippen LogP contribution < -0.4 is 5.46 Å². The first kappa shape index (κ1) is 12.0. The van der Waals surface area contributed by atoms with Gasteiger partial charge in [-0.15, -0.1) is 0 Å². The van der Waals surface area contributed by atoms with E-state index in [1.54, 1.807) is 6.92 Å². The Bertz CT molecular complexity index is 392. The predicted molar refractivity (Wildman–Crippen MR) is 57.4 cm³/mol. The Morgan fingerprint density at radius 1 is 1.47 bits per heavy atom. The minimum absolute atomic E-state index is 0.0584. The van der Waals surface area contributed by atoms with E-state index >= 15 is 0 Å². The van der Waals surface area contributed by atoms with Crippen molar-refractivity contribution in [3.05, 3.63) is 28.3 Å². The monoisotopic (exact) mass is 228 g/mol. The molecule has 0 saturated heterocycles. The largest absolute Gasteiger partial charge is 0.489 e. The van der Waals surface area contributed by atoms with Crippen LogP contribution in [0.2, 0.25) is 5.02 Å². The van der Waals surface area contributed by atoms with Crippen LogP contribution in [0.1, 0.15) is 15.9 Å². The number of aryl methyl sites for hydroxylation is 1. The maximum atomic E-state index is 11.3. The lowest BCUT2D eigenvalue weighted by Gasteiger charge is -2.09. The van der Waals surface area contributed by atoms with Gasteiger partial charge in [0.25, 0.3) is 0 Å². The summed E-state index contributed by atoms with van der Waals surface area (Å²) in [4.78, 5) is 11.3. The Kier molecular flexibility index (Phi) is 3.74. The average molecular weight is 228 g/mol. The van der Waals surface area contributed by atoms with Crippen LogP contribution in [0, 0.1) is 6.92 Å². The molecule has 0 unspecified atom stereocenters. The number of hydrogen-bond acceptors (Lipinski definition) is 4. The van der Waals surface area contributed by atoms with Gasteiger partial charge in [-0.2, -0.15) is 0 Å². The fourth-order valence-electron chi connectivity index (χ4n) is 1.20. The van der Waals surface area contributed by atoms with E-state index in [-0.39, 0.29) is 11.0 Å². The van der Waals surface area contributed by atoms with Crippen molar-refractivity contribution in [1.82, 2.24) is 0 Å². The third kappa shape index (κ3) is 2.50. The number of carbonyl (C=O) groups excluding carboxylic acids is 1. The van der Waals surface area contributed by atoms with Crippen LogP contribution in [0.3, 0.4) is 0 Å². The molecule has 0 bridgehead atoms. The summed E-state index contributed by atoms with van der Waals surface area (Å²) in [6.07, 6.45) is 0. The van der Waals surface area contributed by atoms with E-state index in [2.05, 4.69) is 4.74 Å². The van der Waals surface area contributed by atoms with Crippen molar-refractivity contribution < 1.29 is 19.6 Å². The van der Waals surface area contributed by atoms with Gasteiger partial charge in [0.05, 0.1) is 12.7 Å². The lowest BCUT2D eigenvalue weighted by molar-refractivity contribution is 0.0601.